The van der Waals surface area contributed by atoms with E-state index in [-0.39, 0.29) is 17.9 Å². The van der Waals surface area contributed by atoms with Crippen molar-refractivity contribution in [2.75, 3.05) is 27.9 Å². The summed E-state index contributed by atoms with van der Waals surface area (Å²) in [6, 6.07) is 13.5. The Labute approximate surface area is 161 Å². The fourth-order valence-corrected chi connectivity index (χ4v) is 2.88. The van der Waals surface area contributed by atoms with Gasteiger partial charge in [0, 0.05) is 19.2 Å². The maximum atomic E-state index is 12.6. The van der Waals surface area contributed by atoms with Gasteiger partial charge >= 0.3 is 0 Å². The topological polar surface area (TPSA) is 48.0 Å². The summed E-state index contributed by atoms with van der Waals surface area (Å²) < 4.78 is 16.6. The van der Waals surface area contributed by atoms with Crippen molar-refractivity contribution in [3.63, 3.8) is 0 Å². The van der Waals surface area contributed by atoms with Crippen LogP contribution >= 0.6 is 0 Å². The summed E-state index contributed by atoms with van der Waals surface area (Å²) >= 11 is 0. The van der Waals surface area contributed by atoms with Crippen molar-refractivity contribution in [1.82, 2.24) is 4.90 Å². The molecule has 27 heavy (non-hydrogen) atoms. The van der Waals surface area contributed by atoms with E-state index in [4.69, 9.17) is 14.2 Å². The van der Waals surface area contributed by atoms with Gasteiger partial charge in [-0.05, 0) is 23.1 Å². The van der Waals surface area contributed by atoms with Crippen LogP contribution in [-0.4, -0.2) is 38.7 Å². The number of methoxy groups -OCH3 is 2. The third-order valence-corrected chi connectivity index (χ3v) is 4.36. The second kappa shape index (κ2) is 8.80. The molecular weight excluding hydrogens is 342 g/mol. The summed E-state index contributed by atoms with van der Waals surface area (Å²) in [5.41, 5.74) is 1.90. The predicted octanol–water partition coefficient (Wildman–Crippen LogP) is 4.04. The van der Waals surface area contributed by atoms with E-state index in [0.717, 1.165) is 16.9 Å². The van der Waals surface area contributed by atoms with Crippen LogP contribution in [0.4, 0.5) is 0 Å². The lowest BCUT2D eigenvalue weighted by Gasteiger charge is -2.24. The van der Waals surface area contributed by atoms with Crippen molar-refractivity contribution in [1.29, 1.82) is 0 Å². The fraction of sp³-hybridized carbons (Fsp3) is 0.409. The van der Waals surface area contributed by atoms with Crippen LogP contribution in [0, 0.1) is 0 Å². The first-order valence-corrected chi connectivity index (χ1v) is 8.94. The molecule has 2 aromatic carbocycles. The number of nitrogens with zero attached hydrogens (tertiary/aromatic N) is 1. The molecule has 1 amide bonds. The Balaban J connectivity index is 2.06. The number of likely N-dealkylation sites (N-methyl/N-ethyl adjacent to an activating group) is 1. The third kappa shape index (κ3) is 5.16. The van der Waals surface area contributed by atoms with Gasteiger partial charge in [0.1, 0.15) is 5.75 Å². The number of hydrogen-bond donors (Lipinski definition) is 0. The second-order valence-corrected chi connectivity index (χ2v) is 7.44. The Morgan fingerprint density at radius 2 is 1.63 bits per heavy atom. The first kappa shape index (κ1) is 20.6. The Morgan fingerprint density at radius 3 is 2.26 bits per heavy atom. The van der Waals surface area contributed by atoms with Gasteiger partial charge in [-0.15, -0.1) is 0 Å². The van der Waals surface area contributed by atoms with E-state index < -0.39 is 0 Å². The molecule has 0 bridgehead atoms. The molecule has 0 fully saturated rings. The number of para-hydroxylation sites is 2. The van der Waals surface area contributed by atoms with E-state index in [1.807, 2.05) is 42.5 Å². The molecule has 2 rings (SSSR count). The van der Waals surface area contributed by atoms with E-state index >= 15 is 0 Å². The molecule has 0 atom stereocenters. The molecule has 5 heteroatoms. The van der Waals surface area contributed by atoms with Crippen LogP contribution in [0.15, 0.2) is 42.5 Å². The van der Waals surface area contributed by atoms with Gasteiger partial charge in [0.05, 0.1) is 14.2 Å². The van der Waals surface area contributed by atoms with E-state index in [0.29, 0.717) is 18.0 Å². The molecular formula is C22H29NO4. The van der Waals surface area contributed by atoms with Gasteiger partial charge in [0.15, 0.2) is 18.1 Å². The molecule has 0 saturated carbocycles. The van der Waals surface area contributed by atoms with Crippen molar-refractivity contribution < 1.29 is 19.0 Å². The van der Waals surface area contributed by atoms with Gasteiger partial charge in [-0.2, -0.15) is 0 Å². The summed E-state index contributed by atoms with van der Waals surface area (Å²) in [7, 11) is 4.94. The van der Waals surface area contributed by atoms with Gasteiger partial charge in [-0.3, -0.25) is 4.79 Å². The summed E-state index contributed by atoms with van der Waals surface area (Å²) in [4.78, 5) is 14.2. The summed E-state index contributed by atoms with van der Waals surface area (Å²) in [6.07, 6.45) is 0. The highest BCUT2D eigenvalue weighted by atomic mass is 16.5. The van der Waals surface area contributed by atoms with Gasteiger partial charge in [-0.1, -0.05) is 51.1 Å². The molecule has 2 aromatic rings. The minimum atomic E-state index is -0.108. The standard InChI is InChI=1S/C22H29NO4/c1-22(2,3)17-11-7-8-12-18(17)27-15-20(24)23(4)14-16-10-9-13-19(25-5)21(16)26-6/h7-13H,14-15H2,1-6H3. The molecule has 0 radical (unpaired) electrons. The minimum absolute atomic E-state index is 0.0180. The van der Waals surface area contributed by atoms with Crippen molar-refractivity contribution >= 4 is 5.91 Å². The zero-order valence-electron chi connectivity index (χ0n) is 17.0. The van der Waals surface area contributed by atoms with Gasteiger partial charge in [-0.25, -0.2) is 0 Å². The Morgan fingerprint density at radius 1 is 0.963 bits per heavy atom. The summed E-state index contributed by atoms with van der Waals surface area (Å²) in [6.45, 7) is 6.76. The molecule has 0 heterocycles. The van der Waals surface area contributed by atoms with E-state index in [2.05, 4.69) is 20.8 Å². The van der Waals surface area contributed by atoms with Crippen LogP contribution in [0.1, 0.15) is 31.9 Å². The highest BCUT2D eigenvalue weighted by Crippen LogP contribution is 2.32. The molecule has 0 aliphatic heterocycles. The lowest BCUT2D eigenvalue weighted by atomic mass is 9.86. The average molecular weight is 371 g/mol. The van der Waals surface area contributed by atoms with Crippen molar-refractivity contribution in [3.8, 4) is 17.2 Å². The number of carbonyl (C=O) groups is 1. The van der Waals surface area contributed by atoms with Crippen molar-refractivity contribution in [2.24, 2.45) is 0 Å². The zero-order valence-corrected chi connectivity index (χ0v) is 17.0. The quantitative estimate of drug-likeness (QED) is 0.737. The molecule has 0 saturated heterocycles. The fourth-order valence-electron chi connectivity index (χ4n) is 2.88. The predicted molar refractivity (Wildman–Crippen MR) is 107 cm³/mol. The maximum absolute atomic E-state index is 12.6. The summed E-state index contributed by atoms with van der Waals surface area (Å²) in [5.74, 6) is 1.92. The first-order chi connectivity index (χ1) is 12.8. The molecule has 0 aliphatic rings. The largest absolute Gasteiger partial charge is 0.493 e. The van der Waals surface area contributed by atoms with Crippen LogP contribution in [0.25, 0.3) is 0 Å². The van der Waals surface area contributed by atoms with Crippen LogP contribution in [0.5, 0.6) is 17.2 Å². The van der Waals surface area contributed by atoms with E-state index in [1.54, 1.807) is 26.2 Å². The highest BCUT2D eigenvalue weighted by molar-refractivity contribution is 5.77. The van der Waals surface area contributed by atoms with E-state index in [9.17, 15) is 4.79 Å². The molecule has 146 valence electrons. The molecule has 0 aromatic heterocycles. The van der Waals surface area contributed by atoms with Crippen LogP contribution in [-0.2, 0) is 16.8 Å². The van der Waals surface area contributed by atoms with Crippen LogP contribution < -0.4 is 14.2 Å². The number of rotatable bonds is 7. The molecule has 0 aliphatic carbocycles. The maximum Gasteiger partial charge on any atom is 0.260 e. The second-order valence-electron chi connectivity index (χ2n) is 7.44. The highest BCUT2D eigenvalue weighted by Gasteiger charge is 2.20. The normalized spacial score (nSPS) is 11.0. The minimum Gasteiger partial charge on any atom is -0.493 e. The number of amides is 1. The number of ether oxygens (including phenoxy) is 3. The van der Waals surface area contributed by atoms with Crippen LogP contribution in [0.3, 0.4) is 0 Å². The molecule has 0 spiro atoms. The van der Waals surface area contributed by atoms with Gasteiger partial charge < -0.3 is 19.1 Å². The Kier molecular flexibility index (Phi) is 6.72. The monoisotopic (exact) mass is 371 g/mol. The van der Waals surface area contributed by atoms with Crippen LogP contribution in [0.2, 0.25) is 0 Å². The Bertz CT molecular complexity index is 780. The third-order valence-electron chi connectivity index (χ3n) is 4.36. The molecule has 5 nitrogen and oxygen atoms in total. The van der Waals surface area contributed by atoms with Gasteiger partial charge in [0.2, 0.25) is 0 Å². The Hall–Kier alpha value is -2.69. The zero-order chi connectivity index (χ0) is 20.0. The summed E-state index contributed by atoms with van der Waals surface area (Å²) in [5, 5.41) is 0. The average Bonchev–Trinajstić information content (AvgIpc) is 2.65. The molecule has 0 unspecified atom stereocenters. The van der Waals surface area contributed by atoms with E-state index in [1.165, 1.54) is 0 Å². The van der Waals surface area contributed by atoms with Crippen molar-refractivity contribution in [2.45, 2.75) is 32.7 Å². The lowest BCUT2D eigenvalue weighted by molar-refractivity contribution is -0.132. The number of hydrogen-bond acceptors (Lipinski definition) is 4. The molecule has 0 N–H and O–H groups in total. The van der Waals surface area contributed by atoms with Gasteiger partial charge in [0.25, 0.3) is 5.91 Å². The number of benzene rings is 2. The smallest absolute Gasteiger partial charge is 0.260 e. The lowest BCUT2D eigenvalue weighted by Crippen LogP contribution is -2.31. The number of carbonyl (C=O) groups excluding carboxylic acids is 1. The first-order valence-electron chi connectivity index (χ1n) is 8.94. The SMILES string of the molecule is COc1cccc(CN(C)C(=O)COc2ccccc2C(C)(C)C)c1OC. The van der Waals surface area contributed by atoms with Crippen molar-refractivity contribution in [3.05, 3.63) is 53.6 Å².